The van der Waals surface area contributed by atoms with E-state index in [-0.39, 0.29) is 24.2 Å². The van der Waals surface area contributed by atoms with Gasteiger partial charge in [-0.15, -0.1) is 0 Å². The number of aromatic nitrogens is 2. The normalized spacial score (nSPS) is 21.5. The van der Waals surface area contributed by atoms with E-state index >= 15 is 0 Å². The number of nitrogens with one attached hydrogen (secondary N) is 1. The van der Waals surface area contributed by atoms with E-state index in [1.165, 1.54) is 0 Å². The van der Waals surface area contributed by atoms with Crippen LogP contribution in [-0.2, 0) is 5.41 Å². The standard InChI is InChI=1S/C19H22N4O/c1-12-22-17(13-4-6-14(7-5-13)19(2,3)11-24)16-10-21-18-15(23(12)16)8-9-20-18/h4-10,15,18,20,24H,11H2,1-3H3. The first-order valence-corrected chi connectivity index (χ1v) is 8.28. The maximum absolute atomic E-state index is 9.54. The fourth-order valence-corrected chi connectivity index (χ4v) is 3.41. The van der Waals surface area contributed by atoms with E-state index in [1.54, 1.807) is 0 Å². The monoisotopic (exact) mass is 322 g/mol. The summed E-state index contributed by atoms with van der Waals surface area (Å²) in [6.07, 6.45) is 6.09. The summed E-state index contributed by atoms with van der Waals surface area (Å²) in [6.45, 7) is 6.24. The number of aliphatic hydroxyl groups is 1. The summed E-state index contributed by atoms with van der Waals surface area (Å²) >= 11 is 0. The van der Waals surface area contributed by atoms with E-state index in [4.69, 9.17) is 4.98 Å². The average molecular weight is 322 g/mol. The molecular formula is C19H22N4O. The van der Waals surface area contributed by atoms with Gasteiger partial charge in [0, 0.05) is 17.2 Å². The second-order valence-electron chi connectivity index (χ2n) is 7.12. The molecule has 0 spiro atoms. The third-order valence-electron chi connectivity index (χ3n) is 5.00. The van der Waals surface area contributed by atoms with E-state index in [0.29, 0.717) is 0 Å². The molecule has 0 saturated carbocycles. The molecule has 24 heavy (non-hydrogen) atoms. The predicted octanol–water partition coefficient (Wildman–Crippen LogP) is 2.55. The van der Waals surface area contributed by atoms with Crippen LogP contribution in [0, 0.1) is 6.92 Å². The van der Waals surface area contributed by atoms with Crippen molar-refractivity contribution in [3.8, 4) is 11.3 Å². The van der Waals surface area contributed by atoms with Gasteiger partial charge >= 0.3 is 0 Å². The Morgan fingerprint density at radius 3 is 2.71 bits per heavy atom. The Morgan fingerprint density at radius 2 is 2.00 bits per heavy atom. The van der Waals surface area contributed by atoms with Gasteiger partial charge in [-0.05, 0) is 24.8 Å². The van der Waals surface area contributed by atoms with Crippen LogP contribution in [-0.4, -0.2) is 33.6 Å². The van der Waals surface area contributed by atoms with E-state index in [0.717, 1.165) is 28.3 Å². The van der Waals surface area contributed by atoms with Crippen LogP contribution in [0.5, 0.6) is 0 Å². The number of nitrogens with zero attached hydrogens (tertiary/aromatic N) is 3. The third kappa shape index (κ3) is 2.19. The van der Waals surface area contributed by atoms with Gasteiger partial charge < -0.3 is 15.0 Å². The minimum Gasteiger partial charge on any atom is -0.395 e. The first-order valence-electron chi connectivity index (χ1n) is 8.28. The zero-order valence-electron chi connectivity index (χ0n) is 14.2. The van der Waals surface area contributed by atoms with Crippen LogP contribution >= 0.6 is 0 Å². The zero-order valence-corrected chi connectivity index (χ0v) is 14.2. The van der Waals surface area contributed by atoms with Crippen molar-refractivity contribution in [3.05, 3.63) is 53.6 Å². The summed E-state index contributed by atoms with van der Waals surface area (Å²) < 4.78 is 2.25. The van der Waals surface area contributed by atoms with Gasteiger partial charge in [-0.2, -0.15) is 0 Å². The molecule has 5 heteroatoms. The highest BCUT2D eigenvalue weighted by molar-refractivity contribution is 5.88. The Morgan fingerprint density at radius 1 is 1.25 bits per heavy atom. The van der Waals surface area contributed by atoms with Gasteiger partial charge in [-0.3, -0.25) is 4.99 Å². The molecule has 0 aliphatic carbocycles. The van der Waals surface area contributed by atoms with Crippen LogP contribution in [0.3, 0.4) is 0 Å². The zero-order chi connectivity index (χ0) is 16.9. The van der Waals surface area contributed by atoms with Crippen LogP contribution < -0.4 is 5.32 Å². The predicted molar refractivity (Wildman–Crippen MR) is 95.2 cm³/mol. The number of hydrogen-bond donors (Lipinski definition) is 2. The van der Waals surface area contributed by atoms with Gasteiger partial charge in [0.15, 0.2) is 0 Å². The van der Waals surface area contributed by atoms with Crippen molar-refractivity contribution < 1.29 is 5.11 Å². The van der Waals surface area contributed by atoms with E-state index in [1.807, 2.05) is 33.2 Å². The van der Waals surface area contributed by atoms with E-state index in [9.17, 15) is 5.11 Å². The summed E-state index contributed by atoms with van der Waals surface area (Å²) in [5, 5.41) is 12.8. The Balaban J connectivity index is 1.76. The molecule has 2 unspecified atom stereocenters. The lowest BCUT2D eigenvalue weighted by molar-refractivity contribution is 0.218. The maximum Gasteiger partial charge on any atom is 0.143 e. The molecule has 3 heterocycles. The number of benzene rings is 1. The highest BCUT2D eigenvalue weighted by Crippen LogP contribution is 2.33. The lowest BCUT2D eigenvalue weighted by Gasteiger charge is -2.24. The number of aryl methyl sites for hydroxylation is 1. The van der Waals surface area contributed by atoms with Gasteiger partial charge in [0.2, 0.25) is 0 Å². The number of hydrogen-bond acceptors (Lipinski definition) is 4. The first kappa shape index (κ1) is 15.1. The molecule has 5 nitrogen and oxygen atoms in total. The molecule has 1 aromatic heterocycles. The second kappa shape index (κ2) is 5.31. The van der Waals surface area contributed by atoms with Crippen molar-refractivity contribution in [1.82, 2.24) is 14.9 Å². The molecule has 2 aliphatic rings. The van der Waals surface area contributed by atoms with Crippen LogP contribution in [0.25, 0.3) is 11.3 Å². The van der Waals surface area contributed by atoms with Gasteiger partial charge in [0.1, 0.15) is 12.0 Å². The molecule has 0 amide bonds. The van der Waals surface area contributed by atoms with Crippen molar-refractivity contribution in [2.24, 2.45) is 4.99 Å². The highest BCUT2D eigenvalue weighted by atomic mass is 16.3. The molecule has 0 bridgehead atoms. The number of aliphatic imine (C=N–C) groups is 1. The van der Waals surface area contributed by atoms with Crippen LogP contribution in [0.2, 0.25) is 0 Å². The van der Waals surface area contributed by atoms with Crippen molar-refractivity contribution in [3.63, 3.8) is 0 Å². The lowest BCUT2D eigenvalue weighted by atomic mass is 9.85. The molecule has 2 N–H and O–H groups in total. The Hall–Kier alpha value is -2.40. The smallest absolute Gasteiger partial charge is 0.143 e. The van der Waals surface area contributed by atoms with Gasteiger partial charge in [-0.1, -0.05) is 38.1 Å². The average Bonchev–Trinajstić information content (AvgIpc) is 3.19. The maximum atomic E-state index is 9.54. The third-order valence-corrected chi connectivity index (χ3v) is 5.00. The summed E-state index contributed by atoms with van der Waals surface area (Å²) in [5.74, 6) is 0.995. The summed E-state index contributed by atoms with van der Waals surface area (Å²) in [4.78, 5) is 9.41. The summed E-state index contributed by atoms with van der Waals surface area (Å²) in [7, 11) is 0. The minimum absolute atomic E-state index is 0.0750. The molecule has 0 fully saturated rings. The van der Waals surface area contributed by atoms with Crippen molar-refractivity contribution in [2.75, 3.05) is 6.61 Å². The number of aliphatic hydroxyl groups excluding tert-OH is 1. The van der Waals surface area contributed by atoms with E-state index < -0.39 is 0 Å². The molecule has 2 aromatic rings. The molecule has 4 rings (SSSR count). The van der Waals surface area contributed by atoms with Gasteiger partial charge in [-0.25, -0.2) is 4.98 Å². The largest absolute Gasteiger partial charge is 0.395 e. The van der Waals surface area contributed by atoms with Crippen LogP contribution in [0.15, 0.2) is 41.5 Å². The number of imidazole rings is 1. The molecule has 0 saturated heterocycles. The Kier molecular flexibility index (Phi) is 3.35. The molecule has 1 aromatic carbocycles. The topological polar surface area (TPSA) is 62.4 Å². The summed E-state index contributed by atoms with van der Waals surface area (Å²) in [6, 6.07) is 8.51. The van der Waals surface area contributed by atoms with Crippen molar-refractivity contribution in [1.29, 1.82) is 0 Å². The Bertz CT molecular complexity index is 830. The van der Waals surface area contributed by atoms with Gasteiger partial charge in [0.25, 0.3) is 0 Å². The quantitative estimate of drug-likeness (QED) is 0.913. The first-order chi connectivity index (χ1) is 11.5. The number of rotatable bonds is 3. The molecular weight excluding hydrogens is 300 g/mol. The molecule has 2 atom stereocenters. The number of fused-ring (bicyclic) bond motifs is 3. The molecule has 124 valence electrons. The Labute approximate surface area is 141 Å². The van der Waals surface area contributed by atoms with Gasteiger partial charge in [0.05, 0.1) is 24.0 Å². The fourth-order valence-electron chi connectivity index (χ4n) is 3.41. The molecule has 0 radical (unpaired) electrons. The minimum atomic E-state index is -0.239. The molecule has 2 aliphatic heterocycles. The fraction of sp³-hybridized carbons (Fsp3) is 0.368. The second-order valence-corrected chi connectivity index (χ2v) is 7.12. The van der Waals surface area contributed by atoms with Crippen LogP contribution in [0.1, 0.15) is 37.0 Å². The SMILES string of the molecule is Cc1nc(-c2ccc(C(C)(C)CO)cc2)c2n1C1C=CNC1N=C2. The van der Waals surface area contributed by atoms with E-state index in [2.05, 4.69) is 45.2 Å². The van der Waals surface area contributed by atoms with Crippen LogP contribution in [0.4, 0.5) is 0 Å². The summed E-state index contributed by atoms with van der Waals surface area (Å²) in [5.41, 5.74) is 3.97. The van der Waals surface area contributed by atoms with Crippen molar-refractivity contribution >= 4 is 6.21 Å². The van der Waals surface area contributed by atoms with Crippen molar-refractivity contribution in [2.45, 2.75) is 38.4 Å². The lowest BCUT2D eigenvalue weighted by Crippen LogP contribution is -2.31. The highest BCUT2D eigenvalue weighted by Gasteiger charge is 2.31.